The van der Waals surface area contributed by atoms with Gasteiger partial charge >= 0.3 is 0 Å². The van der Waals surface area contributed by atoms with Crippen LogP contribution in [0.1, 0.15) is 29.5 Å². The molecule has 2 aromatic carbocycles. The van der Waals surface area contributed by atoms with Crippen molar-refractivity contribution in [1.29, 1.82) is 5.41 Å². The van der Waals surface area contributed by atoms with Gasteiger partial charge in [0.15, 0.2) is 0 Å². The molecule has 2 heterocycles. The third kappa shape index (κ3) is 3.34. The van der Waals surface area contributed by atoms with Crippen molar-refractivity contribution in [2.45, 2.75) is 25.3 Å². The average molecular weight is 418 g/mol. The van der Waals surface area contributed by atoms with Crippen LogP contribution in [0.4, 0.5) is 5.69 Å². The largest absolute Gasteiger partial charge is 0.388 e. The molecule has 0 atom stereocenters. The first-order valence-electron chi connectivity index (χ1n) is 10.7. The van der Waals surface area contributed by atoms with E-state index in [4.69, 9.17) is 10.4 Å². The molecule has 5 rings (SSSR count). The first-order chi connectivity index (χ1) is 14.9. The molecule has 1 amide bonds. The molecule has 2 aromatic rings. The summed E-state index contributed by atoms with van der Waals surface area (Å²) in [5.41, 5.74) is 5.40. The summed E-state index contributed by atoms with van der Waals surface area (Å²) in [5.74, 6) is 1.16. The maximum atomic E-state index is 13.1. The smallest absolute Gasteiger partial charge is 0.256 e. The quantitative estimate of drug-likeness (QED) is 0.630. The number of nitrogens with one attached hydrogen (secondary N) is 2. The Labute approximate surface area is 181 Å². The third-order valence-electron chi connectivity index (χ3n) is 6.60. The SMILES string of the molecule is CNc1ccc(-c2ccc(C3=NC4(CC4)C(=O)N3CC3CN(O)C3)c(C)c2)cc1C=N. The van der Waals surface area contributed by atoms with Gasteiger partial charge < -0.3 is 15.9 Å². The number of hydroxylamine groups is 2. The molecule has 1 saturated carbocycles. The number of amides is 1. The van der Waals surface area contributed by atoms with Crippen LogP contribution in [0.3, 0.4) is 0 Å². The van der Waals surface area contributed by atoms with Gasteiger partial charge in [-0.3, -0.25) is 14.7 Å². The molecule has 7 nitrogen and oxygen atoms in total. The van der Waals surface area contributed by atoms with E-state index < -0.39 is 5.54 Å². The number of rotatable bonds is 6. The molecule has 2 aliphatic heterocycles. The Kier molecular flexibility index (Phi) is 4.68. The monoisotopic (exact) mass is 417 g/mol. The zero-order valence-corrected chi connectivity index (χ0v) is 17.9. The standard InChI is InChI=1S/C24H27N5O2/c1-15-9-17(18-4-6-21(26-2)19(10-18)11-25)3-5-20(15)22-27-24(7-8-24)23(30)29(22)14-16-12-28(31)13-16/h3-6,9-11,16,25-26,31H,7-8,12-14H2,1-2H3. The van der Waals surface area contributed by atoms with E-state index in [2.05, 4.69) is 30.4 Å². The Morgan fingerprint density at radius 3 is 2.55 bits per heavy atom. The molecule has 3 aliphatic rings. The number of aryl methyl sites for hydroxylation is 1. The highest BCUT2D eigenvalue weighted by Crippen LogP contribution is 2.46. The second-order valence-corrected chi connectivity index (χ2v) is 8.85. The third-order valence-corrected chi connectivity index (χ3v) is 6.60. The fourth-order valence-electron chi connectivity index (χ4n) is 4.58. The Balaban J connectivity index is 1.46. The maximum Gasteiger partial charge on any atom is 0.256 e. The van der Waals surface area contributed by atoms with E-state index in [9.17, 15) is 10.0 Å². The number of anilines is 1. The Morgan fingerprint density at radius 2 is 1.94 bits per heavy atom. The topological polar surface area (TPSA) is 92.0 Å². The van der Waals surface area contributed by atoms with Crippen LogP contribution < -0.4 is 5.32 Å². The fourth-order valence-corrected chi connectivity index (χ4v) is 4.58. The van der Waals surface area contributed by atoms with E-state index in [0.717, 1.165) is 52.2 Å². The fraction of sp³-hybridized carbons (Fsp3) is 0.375. The summed E-state index contributed by atoms with van der Waals surface area (Å²) in [7, 11) is 1.85. The number of hydrogen-bond donors (Lipinski definition) is 3. The lowest BCUT2D eigenvalue weighted by atomic mass is 9.96. The minimum atomic E-state index is -0.537. The molecule has 1 spiro atoms. The van der Waals surface area contributed by atoms with E-state index in [1.165, 1.54) is 11.3 Å². The highest BCUT2D eigenvalue weighted by molar-refractivity contribution is 6.17. The molecule has 3 N–H and O–H groups in total. The van der Waals surface area contributed by atoms with Gasteiger partial charge in [-0.15, -0.1) is 0 Å². The van der Waals surface area contributed by atoms with Crippen LogP contribution in [-0.2, 0) is 4.79 Å². The summed E-state index contributed by atoms with van der Waals surface area (Å²) in [6.07, 6.45) is 3.00. The molecule has 7 heteroatoms. The Hall–Kier alpha value is -3.03. The van der Waals surface area contributed by atoms with Crippen molar-refractivity contribution in [3.63, 3.8) is 0 Å². The lowest BCUT2D eigenvalue weighted by Gasteiger charge is -2.36. The molecule has 31 heavy (non-hydrogen) atoms. The minimum Gasteiger partial charge on any atom is -0.388 e. The van der Waals surface area contributed by atoms with Crippen LogP contribution in [-0.4, -0.2) is 65.3 Å². The van der Waals surface area contributed by atoms with Crippen molar-refractivity contribution in [2.24, 2.45) is 10.9 Å². The summed E-state index contributed by atoms with van der Waals surface area (Å²) in [5, 5.41) is 21.6. The zero-order chi connectivity index (χ0) is 21.8. The van der Waals surface area contributed by atoms with E-state index in [-0.39, 0.29) is 11.8 Å². The van der Waals surface area contributed by atoms with E-state index >= 15 is 0 Å². The molecule has 1 saturated heterocycles. The molecule has 0 unspecified atom stereocenters. The normalized spacial score (nSPS) is 20.0. The van der Waals surface area contributed by atoms with Crippen LogP contribution in [0.2, 0.25) is 0 Å². The number of carbonyl (C=O) groups excluding carboxylic acids is 1. The maximum absolute atomic E-state index is 13.1. The van der Waals surface area contributed by atoms with Crippen LogP contribution in [0.5, 0.6) is 0 Å². The lowest BCUT2D eigenvalue weighted by Crippen LogP contribution is -2.51. The van der Waals surface area contributed by atoms with Gasteiger partial charge in [0, 0.05) is 55.6 Å². The van der Waals surface area contributed by atoms with Gasteiger partial charge in [0.05, 0.1) is 0 Å². The van der Waals surface area contributed by atoms with Crippen LogP contribution >= 0.6 is 0 Å². The van der Waals surface area contributed by atoms with Crippen molar-refractivity contribution < 1.29 is 10.0 Å². The van der Waals surface area contributed by atoms with Crippen molar-refractivity contribution in [1.82, 2.24) is 9.96 Å². The first-order valence-corrected chi connectivity index (χ1v) is 10.7. The van der Waals surface area contributed by atoms with Gasteiger partial charge in [0.2, 0.25) is 0 Å². The molecule has 0 radical (unpaired) electrons. The number of hydrogen-bond acceptors (Lipinski definition) is 6. The van der Waals surface area contributed by atoms with Gasteiger partial charge in [-0.1, -0.05) is 24.3 Å². The van der Waals surface area contributed by atoms with Gasteiger partial charge in [-0.2, -0.15) is 5.06 Å². The second kappa shape index (κ2) is 7.28. The number of amidine groups is 1. The van der Waals surface area contributed by atoms with Gasteiger partial charge in [-0.25, -0.2) is 0 Å². The Bertz CT molecular complexity index is 1100. The Morgan fingerprint density at radius 1 is 1.23 bits per heavy atom. The van der Waals surface area contributed by atoms with Gasteiger partial charge in [0.1, 0.15) is 11.4 Å². The molecular weight excluding hydrogens is 390 g/mol. The predicted octanol–water partition coefficient (Wildman–Crippen LogP) is 3.14. The van der Waals surface area contributed by atoms with Crippen LogP contribution in [0.25, 0.3) is 11.1 Å². The molecule has 1 aliphatic carbocycles. The average Bonchev–Trinajstić information content (AvgIpc) is 3.49. The van der Waals surface area contributed by atoms with E-state index in [1.54, 1.807) is 0 Å². The van der Waals surface area contributed by atoms with Crippen molar-refractivity contribution >= 4 is 23.6 Å². The number of aliphatic imine (C=N–C) groups is 1. The summed E-state index contributed by atoms with van der Waals surface area (Å²) in [6, 6.07) is 12.3. The number of benzene rings is 2. The van der Waals surface area contributed by atoms with E-state index in [0.29, 0.717) is 19.6 Å². The zero-order valence-electron chi connectivity index (χ0n) is 17.9. The molecular formula is C24H27N5O2. The summed E-state index contributed by atoms with van der Waals surface area (Å²) >= 11 is 0. The van der Waals surface area contributed by atoms with Gasteiger partial charge in [-0.05, 0) is 48.6 Å². The van der Waals surface area contributed by atoms with E-state index in [1.807, 2.05) is 30.1 Å². The van der Waals surface area contributed by atoms with Crippen molar-refractivity contribution in [3.05, 3.63) is 53.1 Å². The highest BCUT2D eigenvalue weighted by atomic mass is 16.5. The van der Waals surface area contributed by atoms with Crippen LogP contribution in [0, 0.1) is 18.3 Å². The first kappa shape index (κ1) is 19.9. The molecule has 160 valence electrons. The molecule has 0 bridgehead atoms. The van der Waals surface area contributed by atoms with Crippen molar-refractivity contribution in [2.75, 3.05) is 32.0 Å². The molecule has 0 aromatic heterocycles. The summed E-state index contributed by atoms with van der Waals surface area (Å²) < 4.78 is 0. The number of nitrogens with zero attached hydrogens (tertiary/aromatic N) is 3. The van der Waals surface area contributed by atoms with Crippen molar-refractivity contribution in [3.8, 4) is 11.1 Å². The summed E-state index contributed by atoms with van der Waals surface area (Å²) in [4.78, 5) is 19.8. The lowest BCUT2D eigenvalue weighted by molar-refractivity contribution is -0.171. The summed E-state index contributed by atoms with van der Waals surface area (Å²) in [6.45, 7) is 3.85. The minimum absolute atomic E-state index is 0.112. The van der Waals surface area contributed by atoms with Crippen LogP contribution in [0.15, 0.2) is 41.4 Å². The highest BCUT2D eigenvalue weighted by Gasteiger charge is 2.57. The molecule has 2 fully saturated rings. The number of carbonyl (C=O) groups is 1. The predicted molar refractivity (Wildman–Crippen MR) is 121 cm³/mol. The second-order valence-electron chi connectivity index (χ2n) is 8.85. The van der Waals surface area contributed by atoms with Gasteiger partial charge in [0.25, 0.3) is 5.91 Å².